The third-order valence-electron chi connectivity index (χ3n) is 7.44. The number of rotatable bonds is 5. The largest absolute Gasteiger partial charge is 0.456 e. The van der Waals surface area contributed by atoms with Gasteiger partial charge in [-0.2, -0.15) is 0 Å². The molecule has 0 spiro atoms. The zero-order valence-electron chi connectivity index (χ0n) is 51.7. The molecule has 3 heterocycles. The average Bonchev–Trinajstić information content (AvgIpc) is 4.26. The van der Waals surface area contributed by atoms with E-state index >= 15 is 0 Å². The molecule has 0 aliphatic rings. The molecule has 0 radical (unpaired) electrons. The van der Waals surface area contributed by atoms with E-state index in [1.54, 1.807) is 0 Å². The Kier molecular flexibility index (Phi) is 2.90. The lowest BCUT2D eigenvalue weighted by Gasteiger charge is -2.10. The summed E-state index contributed by atoms with van der Waals surface area (Å²) >= 11 is 0.648. The summed E-state index contributed by atoms with van der Waals surface area (Å²) in [6.45, 7) is 0. The Morgan fingerprint density at radius 3 is 1.84 bits per heavy atom. The zero-order valence-corrected chi connectivity index (χ0v) is 25.5. The smallest absolute Gasteiger partial charge is 0.165 e. The van der Waals surface area contributed by atoms with Gasteiger partial charge in [0.1, 0.15) is 11.2 Å². The summed E-state index contributed by atoms with van der Waals surface area (Å²) in [5.74, 6) is -2.37. The maximum Gasteiger partial charge on any atom is 0.165 e. The third kappa shape index (κ3) is 4.79. The van der Waals surface area contributed by atoms with E-state index in [-0.39, 0.29) is 20.2 Å². The SMILES string of the molecule is [2H]c1c([2H])c([2H])c(-c2c([2H])c([2H])c(-c3nc(-c4c([2H])c([2H])c5c(oc6c([2H])c([2H])c([2H])c(-c7c([2H])c([2H])c([2H])c([2H])c7[2H])c65)c4[2H])nc(-c4c([2H])c([2H])c([2H])c5c4sc4c([2H])c([2H])c([2H])c([2H])c45)n3)c([2H])c2[2H])c([2H])c1[2H]. The molecule has 0 amide bonds. The number of thiophene rings is 1. The Hall–Kier alpha value is -6.43. The van der Waals surface area contributed by atoms with Crippen molar-refractivity contribution in [1.29, 1.82) is 0 Å². The highest BCUT2D eigenvalue weighted by atomic mass is 32.1. The molecule has 0 aliphatic carbocycles. The Morgan fingerprint density at radius 2 is 1.02 bits per heavy atom. The van der Waals surface area contributed by atoms with Crippen LogP contribution < -0.4 is 0 Å². The molecule has 0 saturated carbocycles. The zero-order chi connectivity index (χ0) is 56.5. The molecule has 4 nitrogen and oxygen atoms in total. The van der Waals surface area contributed by atoms with Crippen LogP contribution in [-0.4, -0.2) is 15.0 Å². The van der Waals surface area contributed by atoms with Crippen molar-refractivity contribution in [1.82, 2.24) is 15.0 Å². The normalized spacial score (nSPS) is 19.2. The van der Waals surface area contributed by atoms with E-state index in [1.165, 1.54) is 0 Å². The van der Waals surface area contributed by atoms with E-state index in [0.29, 0.717) is 11.3 Å². The van der Waals surface area contributed by atoms with Crippen molar-refractivity contribution in [3.63, 3.8) is 0 Å². The maximum absolute atomic E-state index is 9.60. The van der Waals surface area contributed by atoms with Gasteiger partial charge in [0.05, 0.1) is 37.0 Å². The van der Waals surface area contributed by atoms with Crippen LogP contribution >= 0.6 is 11.3 Å². The molecule has 0 saturated heterocycles. The first-order valence-corrected chi connectivity index (χ1v) is 15.2. The van der Waals surface area contributed by atoms with E-state index in [1.807, 2.05) is 0 Å². The number of aromatic nitrogens is 3. The Balaban J connectivity index is 1.36. The second kappa shape index (κ2) is 11.6. The fourth-order valence-electron chi connectivity index (χ4n) is 5.24. The van der Waals surface area contributed by atoms with Crippen LogP contribution in [0.15, 0.2) is 168 Å². The first-order valence-electron chi connectivity index (χ1n) is 27.9. The standard InChI is InChI=1S/C45H27N3OS/c1-3-11-28(12-4-1)29-21-23-31(24-22-29)43-46-44(48-45(47-43)37-18-9-17-35-34-15-7-8-20-40(34)50-42(35)37)32-25-26-36-39(27-32)49-38-19-10-16-33(41(36)38)30-13-5-2-6-14-30/h1-27H/i1D,2D,3D,4D,5D,6D,7D,8D,9D,10D,11D,12D,13D,14D,15D,16D,17D,18D,19D,20D,21D,22D,23D,24D,25D,26D,27D. The van der Waals surface area contributed by atoms with Crippen LogP contribution in [0.5, 0.6) is 0 Å². The van der Waals surface area contributed by atoms with Crippen LogP contribution in [0, 0.1) is 0 Å². The van der Waals surface area contributed by atoms with Crippen molar-refractivity contribution in [2.75, 3.05) is 0 Å². The van der Waals surface area contributed by atoms with Gasteiger partial charge in [-0.05, 0) is 52.5 Å². The van der Waals surface area contributed by atoms with Crippen LogP contribution in [0.4, 0.5) is 0 Å². The lowest BCUT2D eigenvalue weighted by molar-refractivity contribution is 0.669. The highest BCUT2D eigenvalue weighted by Crippen LogP contribution is 2.41. The van der Waals surface area contributed by atoms with Gasteiger partial charge in [0.15, 0.2) is 17.5 Å². The predicted molar refractivity (Wildman–Crippen MR) is 207 cm³/mol. The van der Waals surface area contributed by atoms with Crippen LogP contribution in [0.1, 0.15) is 37.0 Å². The monoisotopic (exact) mass is 684 g/mol. The number of furan rings is 1. The molecule has 0 bridgehead atoms. The summed E-state index contributed by atoms with van der Waals surface area (Å²) in [6.07, 6.45) is 0. The van der Waals surface area contributed by atoms with Crippen LogP contribution in [0.3, 0.4) is 0 Å². The summed E-state index contributed by atoms with van der Waals surface area (Å²) in [5, 5.41) is -1.44. The Morgan fingerprint density at radius 1 is 0.420 bits per heavy atom. The molecule has 0 atom stereocenters. The molecule has 10 aromatic rings. The van der Waals surface area contributed by atoms with E-state index in [0.717, 1.165) is 0 Å². The van der Waals surface area contributed by atoms with E-state index in [4.69, 9.17) is 33.2 Å². The molecule has 3 aromatic heterocycles. The second-order valence-electron chi connectivity index (χ2n) is 10.3. The van der Waals surface area contributed by atoms with Crippen LogP contribution in [0.2, 0.25) is 0 Å². The van der Waals surface area contributed by atoms with Crippen molar-refractivity contribution in [2.45, 2.75) is 0 Å². The van der Waals surface area contributed by atoms with Gasteiger partial charge in [0, 0.05) is 47.6 Å². The molecule has 5 heteroatoms. The summed E-state index contributed by atoms with van der Waals surface area (Å²) in [4.78, 5) is 13.3. The van der Waals surface area contributed by atoms with Crippen LogP contribution in [0.25, 0.3) is 98.5 Å². The third-order valence-corrected chi connectivity index (χ3v) is 8.56. The van der Waals surface area contributed by atoms with Crippen molar-refractivity contribution < 1.29 is 41.4 Å². The van der Waals surface area contributed by atoms with Crippen molar-refractivity contribution in [2.24, 2.45) is 0 Å². The topological polar surface area (TPSA) is 51.8 Å². The molecule has 0 aliphatic heterocycles. The molecular weight excluding hydrogens is 631 g/mol. The number of hydrogen-bond donors (Lipinski definition) is 0. The summed E-state index contributed by atoms with van der Waals surface area (Å²) < 4.78 is 242. The number of benzene rings is 7. The van der Waals surface area contributed by atoms with Gasteiger partial charge in [0.25, 0.3) is 0 Å². The van der Waals surface area contributed by atoms with Crippen molar-refractivity contribution in [3.8, 4) is 56.4 Å². The summed E-state index contributed by atoms with van der Waals surface area (Å²) in [6, 6.07) is -22.4. The number of fused-ring (bicyclic) bond motifs is 6. The fourth-order valence-corrected chi connectivity index (χ4v) is 6.30. The molecular formula is C45H27N3OS. The molecule has 0 N–H and O–H groups in total. The second-order valence-corrected chi connectivity index (χ2v) is 11.3. The maximum atomic E-state index is 9.60. The van der Waals surface area contributed by atoms with E-state index < -0.39 is 242 Å². The Labute approximate surface area is 329 Å². The van der Waals surface area contributed by atoms with Gasteiger partial charge in [-0.1, -0.05) is 133 Å². The van der Waals surface area contributed by atoms with E-state index in [2.05, 4.69) is 15.0 Å². The van der Waals surface area contributed by atoms with E-state index in [9.17, 15) is 8.22 Å². The van der Waals surface area contributed by atoms with Gasteiger partial charge < -0.3 is 4.42 Å². The minimum atomic E-state index is -0.994. The summed E-state index contributed by atoms with van der Waals surface area (Å²) in [5.41, 5.74) is -5.92. The number of hydrogen-bond acceptors (Lipinski definition) is 5. The molecule has 0 fully saturated rings. The van der Waals surface area contributed by atoms with Gasteiger partial charge in [0.2, 0.25) is 0 Å². The quantitative estimate of drug-likeness (QED) is 0.181. The molecule has 234 valence electrons. The van der Waals surface area contributed by atoms with Gasteiger partial charge in [-0.25, -0.2) is 15.0 Å². The van der Waals surface area contributed by atoms with Crippen molar-refractivity contribution in [3.05, 3.63) is 163 Å². The van der Waals surface area contributed by atoms with Gasteiger partial charge >= 0.3 is 0 Å². The first kappa shape index (κ1) is 12.5. The first-order chi connectivity index (χ1) is 36.0. The predicted octanol–water partition coefficient (Wildman–Crippen LogP) is 12.5. The minimum absolute atomic E-state index is 0.123. The molecule has 0 unspecified atom stereocenters. The fraction of sp³-hybridized carbons (Fsp3) is 0. The van der Waals surface area contributed by atoms with Crippen LogP contribution in [-0.2, 0) is 0 Å². The summed E-state index contributed by atoms with van der Waals surface area (Å²) in [7, 11) is 0. The van der Waals surface area contributed by atoms with Crippen molar-refractivity contribution >= 4 is 53.4 Å². The molecule has 7 aromatic carbocycles. The minimum Gasteiger partial charge on any atom is -0.456 e. The average molecular weight is 685 g/mol. The number of nitrogens with zero attached hydrogens (tertiary/aromatic N) is 3. The van der Waals surface area contributed by atoms with Gasteiger partial charge in [-0.15, -0.1) is 11.3 Å². The lowest BCUT2D eigenvalue weighted by Crippen LogP contribution is -2.00. The highest BCUT2D eigenvalue weighted by molar-refractivity contribution is 7.26. The Bertz CT molecular complexity index is 4350. The van der Waals surface area contributed by atoms with Gasteiger partial charge in [-0.3, -0.25) is 0 Å². The highest BCUT2D eigenvalue weighted by Gasteiger charge is 2.18. The molecule has 10 rings (SSSR count). The molecule has 50 heavy (non-hydrogen) atoms. The lowest BCUT2D eigenvalue weighted by atomic mass is 9.99.